The molecule has 3 heterocycles. The van der Waals surface area contributed by atoms with E-state index in [1.54, 1.807) is 0 Å². The molecule has 5 rings (SSSR count). The van der Waals surface area contributed by atoms with E-state index in [9.17, 15) is 9.59 Å². The number of carbonyl (C=O) groups is 2. The van der Waals surface area contributed by atoms with Gasteiger partial charge in [-0.05, 0) is 30.3 Å². The summed E-state index contributed by atoms with van der Waals surface area (Å²) in [5, 5.41) is 0.436. The van der Waals surface area contributed by atoms with Gasteiger partial charge >= 0.3 is 5.91 Å². The summed E-state index contributed by atoms with van der Waals surface area (Å²) < 4.78 is 7.65. The van der Waals surface area contributed by atoms with E-state index in [1.165, 1.54) is 11.8 Å². The lowest BCUT2D eigenvalue weighted by Gasteiger charge is -2.36. The minimum Gasteiger partial charge on any atom is -0.431 e. The molecule has 1 fully saturated rings. The molecule has 2 aromatic heterocycles. The Labute approximate surface area is 189 Å². The molecule has 1 unspecified atom stereocenters. The summed E-state index contributed by atoms with van der Waals surface area (Å²) in [7, 11) is 0. The summed E-state index contributed by atoms with van der Waals surface area (Å²) >= 11 is 1.25. The predicted octanol–water partition coefficient (Wildman–Crippen LogP) is 3.89. The van der Waals surface area contributed by atoms with Crippen LogP contribution >= 0.6 is 11.8 Å². The van der Waals surface area contributed by atoms with E-state index in [2.05, 4.69) is 4.98 Å². The van der Waals surface area contributed by atoms with Crippen molar-refractivity contribution in [1.82, 2.24) is 14.0 Å². The summed E-state index contributed by atoms with van der Waals surface area (Å²) in [5.41, 5.74) is 8.91. The number of amides is 2. The number of benzene rings is 2. The van der Waals surface area contributed by atoms with Gasteiger partial charge in [0.05, 0.1) is 6.54 Å². The molecular weight excluding hydrogens is 424 g/mol. The Kier molecular flexibility index (Phi) is 5.32. The normalized spacial score (nSPS) is 20.6. The number of carbonyl (C=O) groups excluding carboxylic acids is 2. The van der Waals surface area contributed by atoms with E-state index >= 15 is 0 Å². The van der Waals surface area contributed by atoms with Crippen LogP contribution < -0.4 is 10.2 Å². The molecule has 0 spiro atoms. The van der Waals surface area contributed by atoms with E-state index in [1.807, 2.05) is 77.6 Å². The summed E-state index contributed by atoms with van der Waals surface area (Å²) in [6.45, 7) is 0.527. The first-order valence-electron chi connectivity index (χ1n) is 10.5. The molecular formula is C24H23N4O3S+. The maximum atomic E-state index is 13.9. The van der Waals surface area contributed by atoms with Crippen molar-refractivity contribution in [2.45, 2.75) is 24.1 Å². The Morgan fingerprint density at radius 2 is 1.84 bits per heavy atom. The topological polar surface area (TPSA) is 91.1 Å². The number of para-hydroxylation sites is 4. The Hall–Kier alpha value is -3.36. The summed E-state index contributed by atoms with van der Waals surface area (Å²) in [6, 6.07) is 18.5. The fourth-order valence-corrected chi connectivity index (χ4v) is 5.45. The molecule has 7 nitrogen and oxygen atoms in total. The predicted molar refractivity (Wildman–Crippen MR) is 124 cm³/mol. The van der Waals surface area contributed by atoms with E-state index in [0.29, 0.717) is 23.8 Å². The first-order valence-corrected chi connectivity index (χ1v) is 11.5. The summed E-state index contributed by atoms with van der Waals surface area (Å²) in [5.74, 6) is -0.417. The van der Waals surface area contributed by atoms with Gasteiger partial charge in [0, 0.05) is 31.3 Å². The largest absolute Gasteiger partial charge is 0.431 e. The standard InChI is InChI=1S/C24H22N4O3S/c25-23(30)20-11-7-15-28(20,19-10-3-2-9-18(19)27-13-5-6-14-27)22(29)16-32-24-26-17-8-1-4-12-21(17)31-24/h1-6,8-10,12-14,20H,7,11,15-16H2,(H-,25,30)/p+1/t20-,28?/m0/s1. The van der Waals surface area contributed by atoms with Crippen LogP contribution in [0.3, 0.4) is 0 Å². The number of hydrogen-bond acceptors (Lipinski definition) is 5. The lowest BCUT2D eigenvalue weighted by atomic mass is 10.1. The number of primary amides is 1. The molecule has 162 valence electrons. The van der Waals surface area contributed by atoms with Crippen molar-refractivity contribution in [3.8, 4) is 5.69 Å². The van der Waals surface area contributed by atoms with Crippen LogP contribution in [-0.2, 0) is 9.59 Å². The van der Waals surface area contributed by atoms with Crippen LogP contribution in [-0.4, -0.2) is 39.7 Å². The molecule has 0 aliphatic carbocycles. The van der Waals surface area contributed by atoms with Gasteiger partial charge in [0.25, 0.3) is 11.1 Å². The minimum absolute atomic E-state index is 0.0850. The Morgan fingerprint density at radius 1 is 1.09 bits per heavy atom. The molecule has 1 aliphatic rings. The number of thioether (sulfide) groups is 1. The summed E-state index contributed by atoms with van der Waals surface area (Å²) in [6.07, 6.45) is 5.19. The lowest BCUT2D eigenvalue weighted by Crippen LogP contribution is -2.62. The van der Waals surface area contributed by atoms with Crippen molar-refractivity contribution >= 4 is 40.4 Å². The molecule has 1 aliphatic heterocycles. The lowest BCUT2D eigenvalue weighted by molar-refractivity contribution is -0.134. The molecule has 0 saturated carbocycles. The van der Waals surface area contributed by atoms with Crippen LogP contribution in [0.1, 0.15) is 12.8 Å². The molecule has 8 heteroatoms. The zero-order chi connectivity index (χ0) is 22.1. The quantitative estimate of drug-likeness (QED) is 0.358. The van der Waals surface area contributed by atoms with E-state index < -0.39 is 11.9 Å². The zero-order valence-corrected chi connectivity index (χ0v) is 18.2. The van der Waals surface area contributed by atoms with Gasteiger partial charge in [-0.15, -0.1) is 0 Å². The number of rotatable bonds is 6. The highest BCUT2D eigenvalue weighted by Crippen LogP contribution is 2.40. The Balaban J connectivity index is 1.53. The van der Waals surface area contributed by atoms with Crippen LogP contribution in [0.25, 0.3) is 16.8 Å². The fourth-order valence-electron chi connectivity index (χ4n) is 4.66. The second kappa shape index (κ2) is 8.29. The molecule has 0 bridgehead atoms. The third-order valence-electron chi connectivity index (χ3n) is 6.08. The van der Waals surface area contributed by atoms with Crippen molar-refractivity contribution in [3.63, 3.8) is 0 Å². The fraction of sp³-hybridized carbons (Fsp3) is 0.208. The molecule has 1 saturated heterocycles. The van der Waals surface area contributed by atoms with Gasteiger partial charge < -0.3 is 14.7 Å². The van der Waals surface area contributed by atoms with Crippen molar-refractivity contribution < 1.29 is 14.0 Å². The Morgan fingerprint density at radius 3 is 2.62 bits per heavy atom. The van der Waals surface area contributed by atoms with Crippen molar-refractivity contribution in [2.75, 3.05) is 12.3 Å². The summed E-state index contributed by atoms with van der Waals surface area (Å²) in [4.78, 5) is 30.8. The van der Waals surface area contributed by atoms with Crippen LogP contribution in [0.2, 0.25) is 0 Å². The molecule has 2 aromatic carbocycles. The number of aromatic nitrogens is 2. The number of likely N-dealkylation sites (tertiary alicyclic amines) is 1. The van der Waals surface area contributed by atoms with Gasteiger partial charge in [-0.3, -0.25) is 4.79 Å². The maximum Gasteiger partial charge on any atom is 0.329 e. The van der Waals surface area contributed by atoms with Crippen LogP contribution in [0.4, 0.5) is 5.69 Å². The minimum atomic E-state index is -0.608. The number of nitrogens with two attached hydrogens (primary N) is 1. The monoisotopic (exact) mass is 447 g/mol. The smallest absolute Gasteiger partial charge is 0.329 e. The highest BCUT2D eigenvalue weighted by molar-refractivity contribution is 7.99. The second-order valence-electron chi connectivity index (χ2n) is 7.86. The van der Waals surface area contributed by atoms with Gasteiger partial charge in [-0.25, -0.2) is 14.3 Å². The van der Waals surface area contributed by atoms with E-state index in [0.717, 1.165) is 23.3 Å². The third-order valence-corrected chi connectivity index (χ3v) is 6.89. The van der Waals surface area contributed by atoms with E-state index in [4.69, 9.17) is 10.2 Å². The number of hydrogen-bond donors (Lipinski definition) is 1. The maximum absolute atomic E-state index is 13.9. The highest BCUT2D eigenvalue weighted by Gasteiger charge is 2.53. The molecule has 32 heavy (non-hydrogen) atoms. The first-order chi connectivity index (χ1) is 15.6. The highest BCUT2D eigenvalue weighted by atomic mass is 32.2. The van der Waals surface area contributed by atoms with E-state index in [-0.39, 0.29) is 16.1 Å². The average Bonchev–Trinajstić information content (AvgIpc) is 3.56. The number of nitrogens with zero attached hydrogens (tertiary/aromatic N) is 3. The van der Waals surface area contributed by atoms with Gasteiger partial charge in [-0.1, -0.05) is 36.0 Å². The van der Waals surface area contributed by atoms with Gasteiger partial charge in [0.15, 0.2) is 17.3 Å². The number of quaternary nitrogens is 1. The van der Waals surface area contributed by atoms with Crippen molar-refractivity contribution in [1.29, 1.82) is 0 Å². The number of fused-ring (bicyclic) bond motifs is 1. The van der Waals surface area contributed by atoms with Gasteiger partial charge in [0.1, 0.15) is 17.0 Å². The van der Waals surface area contributed by atoms with Gasteiger partial charge in [-0.2, -0.15) is 0 Å². The molecule has 0 radical (unpaired) electrons. The van der Waals surface area contributed by atoms with Crippen LogP contribution in [0.5, 0.6) is 0 Å². The average molecular weight is 448 g/mol. The van der Waals surface area contributed by atoms with Crippen LogP contribution in [0.15, 0.2) is 82.7 Å². The number of oxazole rings is 1. The zero-order valence-electron chi connectivity index (χ0n) is 17.4. The Bertz CT molecular complexity index is 1250. The third kappa shape index (κ3) is 3.41. The molecule has 4 aromatic rings. The molecule has 2 amide bonds. The molecule has 2 atom stereocenters. The second-order valence-corrected chi connectivity index (χ2v) is 8.79. The van der Waals surface area contributed by atoms with Crippen LogP contribution in [0, 0.1) is 0 Å². The molecule has 2 N–H and O–H groups in total. The first kappa shape index (κ1) is 20.5. The SMILES string of the molecule is NC(=O)[C@@H]1CCC[N+]1(C(=O)CSc1nc2ccccc2o1)c1ccccc1-n1cccc1. The van der Waals surface area contributed by atoms with Gasteiger partial charge in [0.2, 0.25) is 0 Å². The van der Waals surface area contributed by atoms with Crippen molar-refractivity contribution in [3.05, 3.63) is 73.1 Å². The van der Waals surface area contributed by atoms with Crippen molar-refractivity contribution in [2.24, 2.45) is 5.73 Å².